The van der Waals surface area contributed by atoms with E-state index in [-0.39, 0.29) is 0 Å². The highest BCUT2D eigenvalue weighted by atomic mass is 16.4. The van der Waals surface area contributed by atoms with Crippen LogP contribution in [0.15, 0.2) is 30.3 Å². The number of allylic oxidation sites excluding steroid dienone is 1. The smallest absolute Gasteiger partial charge is 0.335 e. The Hall–Kier alpha value is -2.18. The fourth-order valence-electron chi connectivity index (χ4n) is 1.47. The molecule has 1 aromatic rings. The maximum Gasteiger partial charge on any atom is 0.335 e. The third-order valence-electron chi connectivity index (χ3n) is 2.50. The molecule has 1 aliphatic carbocycles. The highest BCUT2D eigenvalue weighted by Crippen LogP contribution is 2.17. The molecule has 1 aromatic carbocycles. The topological polar surface area (TPSA) is 115 Å². The molecule has 0 spiro atoms. The number of carboxylic acid groups (broad SMARTS) is 2. The van der Waals surface area contributed by atoms with Gasteiger partial charge >= 0.3 is 11.9 Å². The predicted octanol–water partition coefficient (Wildman–Crippen LogP) is 0.133. The largest absolute Gasteiger partial charge is 0.479 e. The minimum atomic E-state index is -2.27. The third kappa shape index (κ3) is 4.20. The monoisotopic (exact) mass is 266 g/mol. The molecule has 0 saturated heterocycles. The summed E-state index contributed by atoms with van der Waals surface area (Å²) in [6.45, 7) is 0. The summed E-state index contributed by atoms with van der Waals surface area (Å²) in [5.41, 5.74) is 2.84. The minimum Gasteiger partial charge on any atom is -0.479 e. The van der Waals surface area contributed by atoms with Crippen LogP contribution < -0.4 is 0 Å². The maximum atomic E-state index is 9.77. The van der Waals surface area contributed by atoms with Crippen LogP contribution in [-0.2, 0) is 16.0 Å². The van der Waals surface area contributed by atoms with E-state index in [1.54, 1.807) is 0 Å². The van der Waals surface area contributed by atoms with Crippen LogP contribution in [0.2, 0.25) is 0 Å². The van der Waals surface area contributed by atoms with Crippen LogP contribution in [0.25, 0.3) is 6.08 Å². The van der Waals surface area contributed by atoms with Crippen molar-refractivity contribution >= 4 is 18.0 Å². The van der Waals surface area contributed by atoms with Crippen molar-refractivity contribution in [3.05, 3.63) is 41.5 Å². The molecule has 0 aromatic heterocycles. The minimum absolute atomic E-state index is 1.12. The lowest BCUT2D eigenvalue weighted by molar-refractivity contribution is -0.165. The number of rotatable bonds is 3. The van der Waals surface area contributed by atoms with Crippen molar-refractivity contribution in [3.8, 4) is 0 Å². The molecule has 6 nitrogen and oxygen atoms in total. The van der Waals surface area contributed by atoms with Gasteiger partial charge in [0.1, 0.15) is 0 Å². The second kappa shape index (κ2) is 6.67. The molecule has 0 amide bonds. The first kappa shape index (κ1) is 14.9. The number of fused-ring (bicyclic) bond motifs is 1. The normalized spacial score (nSPS) is 14.8. The van der Waals surface area contributed by atoms with E-state index in [2.05, 4.69) is 36.4 Å². The van der Waals surface area contributed by atoms with Gasteiger partial charge in [0, 0.05) is 0 Å². The Balaban J connectivity index is 0.000000190. The van der Waals surface area contributed by atoms with E-state index >= 15 is 0 Å². The highest BCUT2D eigenvalue weighted by Gasteiger charge is 2.29. The summed E-state index contributed by atoms with van der Waals surface area (Å²) in [7, 11) is 0. The molecule has 0 heterocycles. The zero-order valence-corrected chi connectivity index (χ0v) is 9.93. The molecular weight excluding hydrogens is 252 g/mol. The molecule has 19 heavy (non-hydrogen) atoms. The molecule has 2 atom stereocenters. The van der Waals surface area contributed by atoms with Crippen molar-refractivity contribution in [2.45, 2.75) is 18.6 Å². The van der Waals surface area contributed by atoms with Crippen LogP contribution >= 0.6 is 0 Å². The first-order chi connectivity index (χ1) is 8.93. The van der Waals surface area contributed by atoms with Crippen molar-refractivity contribution < 1.29 is 30.0 Å². The third-order valence-corrected chi connectivity index (χ3v) is 2.50. The lowest BCUT2D eigenvalue weighted by atomic mass is 10.1. The number of carbonyl (C=O) groups is 2. The summed E-state index contributed by atoms with van der Waals surface area (Å²) in [6, 6.07) is 8.49. The summed E-state index contributed by atoms with van der Waals surface area (Å²) in [4.78, 5) is 19.5. The summed E-state index contributed by atoms with van der Waals surface area (Å²) < 4.78 is 0. The number of carboxylic acids is 2. The molecule has 6 heteroatoms. The van der Waals surface area contributed by atoms with Crippen molar-refractivity contribution in [3.63, 3.8) is 0 Å². The maximum absolute atomic E-state index is 9.77. The molecule has 0 saturated carbocycles. The van der Waals surface area contributed by atoms with Crippen molar-refractivity contribution in [1.29, 1.82) is 0 Å². The van der Waals surface area contributed by atoms with Crippen LogP contribution in [0.1, 0.15) is 11.1 Å². The van der Waals surface area contributed by atoms with E-state index in [1.807, 2.05) is 0 Å². The van der Waals surface area contributed by atoms with Crippen LogP contribution in [0.5, 0.6) is 0 Å². The molecule has 0 fully saturated rings. The number of aliphatic hydroxyl groups is 2. The number of hydrogen-bond donors (Lipinski definition) is 4. The highest BCUT2D eigenvalue weighted by molar-refractivity contribution is 5.83. The van der Waals surface area contributed by atoms with Gasteiger partial charge in [-0.1, -0.05) is 36.4 Å². The summed E-state index contributed by atoms with van der Waals surface area (Å²) in [5.74, 6) is -3.54. The van der Waals surface area contributed by atoms with Crippen molar-refractivity contribution in [1.82, 2.24) is 0 Å². The van der Waals surface area contributed by atoms with Gasteiger partial charge in [0.05, 0.1) is 0 Å². The van der Waals surface area contributed by atoms with Gasteiger partial charge in [-0.15, -0.1) is 0 Å². The SMILES string of the molecule is C1=Cc2ccccc2C1.O=C(O)C(O)C(O)C(=O)O. The number of aliphatic carboxylic acids is 2. The molecule has 2 rings (SSSR count). The van der Waals surface area contributed by atoms with E-state index in [0.29, 0.717) is 0 Å². The van der Waals surface area contributed by atoms with Gasteiger partial charge in [0.15, 0.2) is 12.2 Å². The molecule has 0 aliphatic heterocycles. The molecule has 0 bridgehead atoms. The van der Waals surface area contributed by atoms with Crippen molar-refractivity contribution in [2.24, 2.45) is 0 Å². The Bertz CT molecular complexity index is 476. The van der Waals surface area contributed by atoms with Gasteiger partial charge in [-0.05, 0) is 17.5 Å². The van der Waals surface area contributed by atoms with Gasteiger partial charge in [-0.25, -0.2) is 9.59 Å². The van der Waals surface area contributed by atoms with Gasteiger partial charge < -0.3 is 20.4 Å². The van der Waals surface area contributed by atoms with Gasteiger partial charge in [-0.2, -0.15) is 0 Å². The Morgan fingerprint density at radius 3 is 2.00 bits per heavy atom. The standard InChI is InChI=1S/C9H8.C4H6O6/c1-2-5-9-7-3-6-8(9)4-1;5-1(3(7)8)2(6)4(9)10/h1-6H,7H2;1-2,5-6H,(H,7,8)(H,9,10). The quantitative estimate of drug-likeness (QED) is 0.618. The first-order valence-electron chi connectivity index (χ1n) is 5.49. The Kier molecular flexibility index (Phi) is 5.23. The zero-order chi connectivity index (χ0) is 14.4. The number of aliphatic hydroxyl groups excluding tert-OH is 2. The summed E-state index contributed by atoms with van der Waals surface area (Å²) >= 11 is 0. The number of benzene rings is 1. The fourth-order valence-corrected chi connectivity index (χ4v) is 1.47. The van der Waals surface area contributed by atoms with Crippen LogP contribution in [0.4, 0.5) is 0 Å². The molecule has 102 valence electrons. The van der Waals surface area contributed by atoms with Crippen molar-refractivity contribution in [2.75, 3.05) is 0 Å². The van der Waals surface area contributed by atoms with E-state index in [4.69, 9.17) is 20.4 Å². The molecule has 4 N–H and O–H groups in total. The predicted molar refractivity (Wildman–Crippen MR) is 66.5 cm³/mol. The molecular formula is C13H14O6. The Labute approximate surface area is 109 Å². The van der Waals surface area contributed by atoms with Gasteiger partial charge in [-0.3, -0.25) is 0 Å². The average molecular weight is 266 g/mol. The zero-order valence-electron chi connectivity index (χ0n) is 9.93. The van der Waals surface area contributed by atoms with Crippen LogP contribution in [0.3, 0.4) is 0 Å². The summed E-state index contributed by atoms with van der Waals surface area (Å²) in [6.07, 6.45) is 0.964. The van der Waals surface area contributed by atoms with E-state index in [0.717, 1.165) is 6.42 Å². The van der Waals surface area contributed by atoms with E-state index in [9.17, 15) is 9.59 Å². The van der Waals surface area contributed by atoms with Crippen LogP contribution in [0, 0.1) is 0 Å². The lowest BCUT2D eigenvalue weighted by Gasteiger charge is -2.07. The molecule has 0 radical (unpaired) electrons. The molecule has 2 unspecified atom stereocenters. The lowest BCUT2D eigenvalue weighted by Crippen LogP contribution is -2.39. The average Bonchev–Trinajstić information content (AvgIpc) is 2.85. The fraction of sp³-hybridized carbons (Fsp3) is 0.231. The van der Waals surface area contributed by atoms with Gasteiger partial charge in [0.25, 0.3) is 0 Å². The first-order valence-corrected chi connectivity index (χ1v) is 5.49. The van der Waals surface area contributed by atoms with E-state index < -0.39 is 24.1 Å². The Morgan fingerprint density at radius 2 is 1.53 bits per heavy atom. The Morgan fingerprint density at radius 1 is 1.00 bits per heavy atom. The van der Waals surface area contributed by atoms with Gasteiger partial charge in [0.2, 0.25) is 0 Å². The second-order valence-corrected chi connectivity index (χ2v) is 3.87. The van der Waals surface area contributed by atoms with E-state index in [1.165, 1.54) is 11.1 Å². The molecule has 1 aliphatic rings. The second-order valence-electron chi connectivity index (χ2n) is 3.87. The number of hydrogen-bond acceptors (Lipinski definition) is 4. The van der Waals surface area contributed by atoms with Crippen LogP contribution in [-0.4, -0.2) is 44.6 Å². The summed E-state index contributed by atoms with van der Waals surface area (Å²) in [5, 5.41) is 32.5.